The first-order valence-corrected chi connectivity index (χ1v) is 23.8. The summed E-state index contributed by atoms with van der Waals surface area (Å²) >= 11 is 0. The molecule has 21 heteroatoms. The predicted octanol–water partition coefficient (Wildman–Crippen LogP) is 5.19. The fraction of sp³-hybridized carbons (Fsp3) is 0.288. The molecule has 0 aliphatic heterocycles. The molecule has 3 unspecified atom stereocenters. The average Bonchev–Trinajstić information content (AvgIpc) is 4.19. The number of carbonyl (C=O) groups excluding carboxylic acids is 4. The molecule has 7 aromatic rings. The summed E-state index contributed by atoms with van der Waals surface area (Å²) < 4.78 is 13.4. The second-order valence-corrected chi connectivity index (χ2v) is 17.4. The van der Waals surface area contributed by atoms with Crippen LogP contribution >= 0.6 is 0 Å². The Hall–Kier alpha value is -8.24. The summed E-state index contributed by atoms with van der Waals surface area (Å²) in [6.45, 7) is 10.3. The first kappa shape index (κ1) is 52.6. The number of hydrazine groups is 2. The van der Waals surface area contributed by atoms with E-state index in [9.17, 15) is 23.6 Å². The first-order valence-electron chi connectivity index (χ1n) is 23.8. The molecule has 0 spiro atoms. The van der Waals surface area contributed by atoms with Crippen LogP contribution in [0.15, 0.2) is 97.6 Å². The minimum atomic E-state index is -0.455. The van der Waals surface area contributed by atoms with E-state index in [-0.39, 0.29) is 65.2 Å². The van der Waals surface area contributed by atoms with Gasteiger partial charge in [-0.1, -0.05) is 74.5 Å². The number of aromatic nitrogens is 8. The second kappa shape index (κ2) is 24.3. The lowest BCUT2D eigenvalue weighted by Gasteiger charge is -2.24. The summed E-state index contributed by atoms with van der Waals surface area (Å²) in [7, 11) is 1.74. The zero-order valence-corrected chi connectivity index (χ0v) is 41.5. The fourth-order valence-electron chi connectivity index (χ4n) is 8.55. The molecule has 0 fully saturated rings. The predicted molar refractivity (Wildman–Crippen MR) is 270 cm³/mol. The first-order chi connectivity index (χ1) is 35.2. The van der Waals surface area contributed by atoms with Crippen molar-refractivity contribution >= 4 is 23.6 Å². The molecule has 73 heavy (non-hydrogen) atoms. The van der Waals surface area contributed by atoms with Gasteiger partial charge in [-0.2, -0.15) is 5.21 Å². The van der Waals surface area contributed by atoms with E-state index in [1.54, 1.807) is 26.1 Å². The third kappa shape index (κ3) is 13.0. The van der Waals surface area contributed by atoms with Gasteiger partial charge in [0.2, 0.25) is 5.82 Å². The molecule has 4 aromatic carbocycles. The largest absolute Gasteiger partial charge is 0.347 e. The number of nitrogens with zero attached hydrogens (tertiary/aromatic N) is 8. The summed E-state index contributed by atoms with van der Waals surface area (Å²) in [5.41, 5.74) is 13.9. The lowest BCUT2D eigenvalue weighted by Crippen LogP contribution is -2.43. The van der Waals surface area contributed by atoms with Crippen LogP contribution in [-0.4, -0.2) is 76.2 Å². The molecular weight excluding hydrogens is 932 g/mol. The maximum Gasteiger partial charge on any atom is 0.270 e. The number of H-pyrrole nitrogens is 1. The molecule has 3 heterocycles. The number of hydrogen-bond donors (Lipinski definition) is 8. The molecule has 3 aromatic heterocycles. The average molecular weight is 991 g/mol. The highest BCUT2D eigenvalue weighted by Gasteiger charge is 2.28. The van der Waals surface area contributed by atoms with Crippen molar-refractivity contribution < 1.29 is 23.6 Å². The Morgan fingerprint density at radius 2 is 1.19 bits per heavy atom. The Balaban J connectivity index is 0.000000207. The maximum absolute atomic E-state index is 13.4. The van der Waals surface area contributed by atoms with Gasteiger partial charge in [-0.15, -0.1) is 10.2 Å². The fourth-order valence-corrected chi connectivity index (χ4v) is 8.55. The molecule has 378 valence electrons. The van der Waals surface area contributed by atoms with Crippen LogP contribution in [0, 0.1) is 26.6 Å². The van der Waals surface area contributed by atoms with Crippen LogP contribution in [0.2, 0.25) is 0 Å². The summed E-state index contributed by atoms with van der Waals surface area (Å²) in [4.78, 5) is 67.2. The number of aromatic amines is 1. The molecule has 0 saturated carbocycles. The van der Waals surface area contributed by atoms with Gasteiger partial charge >= 0.3 is 0 Å². The maximum atomic E-state index is 13.4. The van der Waals surface area contributed by atoms with Crippen molar-refractivity contribution in [3.63, 3.8) is 0 Å². The van der Waals surface area contributed by atoms with E-state index in [1.807, 2.05) is 76.2 Å². The molecule has 0 radical (unpaired) electrons. The van der Waals surface area contributed by atoms with Crippen molar-refractivity contribution in [2.24, 2.45) is 11.7 Å². The number of carbonyl (C=O) groups is 4. The number of benzene rings is 4. The van der Waals surface area contributed by atoms with Crippen LogP contribution in [0.3, 0.4) is 0 Å². The summed E-state index contributed by atoms with van der Waals surface area (Å²) in [5.74, 6) is 10.1. The topological polar surface area (TPSA) is 290 Å². The van der Waals surface area contributed by atoms with Crippen molar-refractivity contribution in [1.29, 1.82) is 0 Å². The van der Waals surface area contributed by atoms with Crippen LogP contribution in [0.25, 0.3) is 11.4 Å². The number of nitrogens with two attached hydrogens (primary N) is 2. The number of amides is 4. The minimum absolute atomic E-state index is 0.0700. The summed E-state index contributed by atoms with van der Waals surface area (Å²) in [5, 5.41) is 27.1. The molecule has 20 nitrogen and oxygen atoms in total. The third-order valence-electron chi connectivity index (χ3n) is 12.5. The molecule has 4 amide bonds. The van der Waals surface area contributed by atoms with Gasteiger partial charge in [-0.25, -0.2) is 34.8 Å². The Morgan fingerprint density at radius 3 is 1.70 bits per heavy atom. The number of nitrogens with one attached hydrogen (secondary N) is 6. The van der Waals surface area contributed by atoms with Crippen molar-refractivity contribution in [2.45, 2.75) is 91.6 Å². The van der Waals surface area contributed by atoms with Crippen LogP contribution in [0.4, 0.5) is 4.39 Å². The van der Waals surface area contributed by atoms with Crippen molar-refractivity contribution in [2.75, 3.05) is 7.05 Å². The minimum Gasteiger partial charge on any atom is -0.347 e. The van der Waals surface area contributed by atoms with Crippen LogP contribution in [0.5, 0.6) is 0 Å². The molecule has 2 aliphatic rings. The number of fused-ring (bicyclic) bond motifs is 2. The van der Waals surface area contributed by atoms with Gasteiger partial charge < -0.3 is 21.3 Å². The van der Waals surface area contributed by atoms with Crippen LogP contribution in [-0.2, 0) is 25.9 Å². The molecule has 3 atom stereocenters. The summed E-state index contributed by atoms with van der Waals surface area (Å²) in [6, 6.07) is 24.9. The van der Waals surface area contributed by atoms with E-state index in [0.29, 0.717) is 17.9 Å². The van der Waals surface area contributed by atoms with Crippen molar-refractivity contribution in [1.82, 2.24) is 72.3 Å². The number of hydrogen-bond acceptors (Lipinski definition) is 15. The number of aryl methyl sites for hydroxylation is 5. The van der Waals surface area contributed by atoms with E-state index in [4.69, 9.17) is 11.7 Å². The Morgan fingerprint density at radius 1 is 0.671 bits per heavy atom. The molecular formula is C52H59FN16O4. The van der Waals surface area contributed by atoms with Gasteiger partial charge in [0.25, 0.3) is 23.6 Å². The highest BCUT2D eigenvalue weighted by Crippen LogP contribution is 2.35. The van der Waals surface area contributed by atoms with Gasteiger partial charge in [-0.3, -0.25) is 30.9 Å². The van der Waals surface area contributed by atoms with Gasteiger partial charge in [0.1, 0.15) is 47.4 Å². The second-order valence-electron chi connectivity index (χ2n) is 17.4. The Labute approximate surface area is 421 Å². The quantitative estimate of drug-likeness (QED) is 0.0396. The van der Waals surface area contributed by atoms with Gasteiger partial charge in [-0.05, 0) is 119 Å². The molecule has 0 saturated heterocycles. The van der Waals surface area contributed by atoms with E-state index < -0.39 is 11.8 Å². The summed E-state index contributed by atoms with van der Waals surface area (Å²) in [6.07, 6.45) is 5.22. The number of tetrazole rings is 1. The molecule has 0 bridgehead atoms. The van der Waals surface area contributed by atoms with Gasteiger partial charge in [0.05, 0.1) is 12.1 Å². The normalized spacial score (nSPS) is 14.6. The Bertz CT molecular complexity index is 3100. The van der Waals surface area contributed by atoms with E-state index in [0.717, 1.165) is 75.8 Å². The zero-order valence-electron chi connectivity index (χ0n) is 41.5. The molecule has 2 aliphatic carbocycles. The van der Waals surface area contributed by atoms with Crippen molar-refractivity contribution in [3.05, 3.63) is 182 Å². The number of halogens is 1. The zero-order chi connectivity index (χ0) is 52.2. The highest BCUT2D eigenvalue weighted by molar-refractivity contribution is 5.98. The van der Waals surface area contributed by atoms with Crippen LogP contribution < -0.4 is 38.4 Å². The van der Waals surface area contributed by atoms with E-state index in [1.165, 1.54) is 41.4 Å². The molecule has 10 N–H and O–H groups in total. The number of rotatable bonds is 14. The third-order valence-corrected chi connectivity index (χ3v) is 12.5. The monoisotopic (exact) mass is 990 g/mol. The smallest absolute Gasteiger partial charge is 0.270 e. The highest BCUT2D eigenvalue weighted by atomic mass is 19.1. The van der Waals surface area contributed by atoms with Gasteiger partial charge in [0.15, 0.2) is 0 Å². The van der Waals surface area contributed by atoms with Crippen LogP contribution in [0.1, 0.15) is 143 Å². The molecule has 9 rings (SSSR count). The van der Waals surface area contributed by atoms with E-state index in [2.05, 4.69) is 73.3 Å². The standard InChI is InChI=1S/C26H32N8O2.C24H21FN8O2.C2H6/c1-15-4-5-17(10-16(15)2)13-29-25(35)22-12-23(31-14-30-22)26(36)32-21-9-7-18-11-19(6-8-20(18)21)24(33-27)34(3)28;1-13-8-14(2-6-18(13)25)11-26-23(34)20-10-21(28-12-27-20)24(35)29-19-7-4-15-9-16(3-5-17(15)19)22-30-32-33-31-22;1-2/h4-6,8,10-12,14,21,24,33H,7,9,13,27-28H2,1-3H3,(H,29,35)(H,32,36);2-3,5-6,8-10,12,19H,4,7,11H2,1H3,(H,26,34)(H,29,35)(H,30,31,32,33);1-2H3. The van der Waals surface area contributed by atoms with Gasteiger partial charge in [0, 0.05) is 37.8 Å². The lowest BCUT2D eigenvalue weighted by molar-refractivity contribution is 0.0919. The lowest BCUT2D eigenvalue weighted by atomic mass is 10.0. The SMILES string of the molecule is CC.Cc1cc(CNC(=O)c2cc(C(=O)NC3CCc4cc(-c5nn[nH]n5)ccc43)ncn2)ccc1F.Cc1ccc(CNC(=O)c2cc(C(=O)NC3CCc4cc(C(NN)N(C)N)ccc43)ncn2)cc1C. The van der Waals surface area contributed by atoms with E-state index >= 15 is 0 Å². The van der Waals surface area contributed by atoms with Crippen molar-refractivity contribution in [3.8, 4) is 11.4 Å². The Kier molecular flexibility index (Phi) is 17.5.